The molecule has 1 aliphatic heterocycles. The molecule has 2 aromatic heterocycles. The number of para-hydroxylation sites is 1. The smallest absolute Gasteiger partial charge is 0.269 e. The van der Waals surface area contributed by atoms with E-state index in [0.717, 1.165) is 19.3 Å². The van der Waals surface area contributed by atoms with Crippen molar-refractivity contribution in [2.24, 2.45) is 0 Å². The molecule has 3 aromatic rings. The number of aromatic nitrogens is 3. The normalized spacial score (nSPS) is 16.0. The molecule has 1 aliphatic rings. The van der Waals surface area contributed by atoms with Crippen molar-refractivity contribution in [2.45, 2.75) is 25.3 Å². The number of nitrogens with one attached hydrogen (secondary N) is 1. The number of pyridine rings is 1. The number of rotatable bonds is 6. The number of benzene rings is 1. The minimum atomic E-state index is -0.304. The highest BCUT2D eigenvalue weighted by Crippen LogP contribution is 2.31. The number of carbonyl (C=O) groups excluding carboxylic acids is 2. The Kier molecular flexibility index (Phi) is 6.21. The highest BCUT2D eigenvalue weighted by Gasteiger charge is 2.32. The Hall–Kier alpha value is -3.75. The molecule has 160 valence electrons. The number of likely N-dealkylation sites (tertiary alicyclic amines) is 1. The molecule has 1 aromatic carbocycles. The van der Waals surface area contributed by atoms with Gasteiger partial charge in [0.15, 0.2) is 6.61 Å². The van der Waals surface area contributed by atoms with Crippen LogP contribution < -0.4 is 10.1 Å². The Bertz CT molecular complexity index is 1050. The van der Waals surface area contributed by atoms with Crippen LogP contribution in [0.2, 0.25) is 0 Å². The second-order valence-corrected chi connectivity index (χ2v) is 7.17. The standard InChI is InChI=1S/C22H23N5O4/c1-23-21(29)17-13-15(10-11-24-17)20-25-22(31-26-20)18-9-5-6-12-27(18)19(28)14-30-16-7-3-2-4-8-16/h2-4,7-8,10-11,13,18H,5-6,9,12,14H2,1H3,(H,23,29)/t18-/m1/s1. The third-order valence-corrected chi connectivity index (χ3v) is 5.13. The summed E-state index contributed by atoms with van der Waals surface area (Å²) in [6.45, 7) is 0.552. The van der Waals surface area contributed by atoms with Gasteiger partial charge in [0, 0.05) is 25.4 Å². The van der Waals surface area contributed by atoms with E-state index in [-0.39, 0.29) is 30.2 Å². The summed E-state index contributed by atoms with van der Waals surface area (Å²) in [6.07, 6.45) is 4.13. The summed E-state index contributed by atoms with van der Waals surface area (Å²) in [5, 5.41) is 6.60. The van der Waals surface area contributed by atoms with E-state index in [2.05, 4.69) is 20.4 Å². The van der Waals surface area contributed by atoms with Crippen molar-refractivity contribution in [2.75, 3.05) is 20.2 Å². The number of piperidine rings is 1. The van der Waals surface area contributed by atoms with Gasteiger partial charge in [-0.25, -0.2) is 0 Å². The van der Waals surface area contributed by atoms with Crippen LogP contribution in [0.5, 0.6) is 5.75 Å². The molecule has 1 N–H and O–H groups in total. The van der Waals surface area contributed by atoms with Gasteiger partial charge in [0.05, 0.1) is 0 Å². The summed E-state index contributed by atoms with van der Waals surface area (Å²) < 4.78 is 11.1. The molecule has 0 bridgehead atoms. The van der Waals surface area contributed by atoms with Gasteiger partial charge in [0.1, 0.15) is 17.5 Å². The maximum atomic E-state index is 12.8. The lowest BCUT2D eigenvalue weighted by Crippen LogP contribution is -2.41. The Labute approximate surface area is 179 Å². The van der Waals surface area contributed by atoms with Gasteiger partial charge in [-0.05, 0) is 43.5 Å². The van der Waals surface area contributed by atoms with E-state index in [0.29, 0.717) is 29.6 Å². The molecule has 1 fully saturated rings. The van der Waals surface area contributed by atoms with Gasteiger partial charge in [0.25, 0.3) is 11.8 Å². The maximum absolute atomic E-state index is 12.8. The first-order valence-corrected chi connectivity index (χ1v) is 10.1. The minimum absolute atomic E-state index is 0.0542. The lowest BCUT2D eigenvalue weighted by atomic mass is 10.0. The number of carbonyl (C=O) groups is 2. The Morgan fingerprint density at radius 1 is 1.23 bits per heavy atom. The fourth-order valence-electron chi connectivity index (χ4n) is 3.54. The van der Waals surface area contributed by atoms with Crippen LogP contribution in [0, 0.1) is 0 Å². The second kappa shape index (κ2) is 9.38. The molecule has 9 nitrogen and oxygen atoms in total. The van der Waals surface area contributed by atoms with Gasteiger partial charge < -0.3 is 19.5 Å². The Morgan fingerprint density at radius 2 is 2.06 bits per heavy atom. The Morgan fingerprint density at radius 3 is 2.87 bits per heavy atom. The third-order valence-electron chi connectivity index (χ3n) is 5.13. The summed E-state index contributed by atoms with van der Waals surface area (Å²) in [4.78, 5) is 35.0. The van der Waals surface area contributed by atoms with Crippen molar-refractivity contribution in [3.63, 3.8) is 0 Å². The molecule has 1 atom stereocenters. The predicted octanol–water partition coefficient (Wildman–Crippen LogP) is 2.62. The van der Waals surface area contributed by atoms with Crippen molar-refractivity contribution < 1.29 is 18.8 Å². The summed E-state index contributed by atoms with van der Waals surface area (Å²) in [5.41, 5.74) is 0.878. The zero-order chi connectivity index (χ0) is 21.6. The number of hydrogen-bond acceptors (Lipinski definition) is 7. The average Bonchev–Trinajstić information content (AvgIpc) is 3.33. The quantitative estimate of drug-likeness (QED) is 0.651. The molecular formula is C22H23N5O4. The summed E-state index contributed by atoms with van der Waals surface area (Å²) in [6, 6.07) is 12.2. The molecule has 9 heteroatoms. The fourth-order valence-corrected chi connectivity index (χ4v) is 3.54. The van der Waals surface area contributed by atoms with E-state index >= 15 is 0 Å². The fraction of sp³-hybridized carbons (Fsp3) is 0.318. The van der Waals surface area contributed by atoms with Gasteiger partial charge in [0.2, 0.25) is 11.7 Å². The van der Waals surface area contributed by atoms with Gasteiger partial charge in [-0.15, -0.1) is 0 Å². The molecule has 0 aliphatic carbocycles. The van der Waals surface area contributed by atoms with Crippen LogP contribution in [-0.4, -0.2) is 52.0 Å². The van der Waals surface area contributed by atoms with Gasteiger partial charge in [-0.1, -0.05) is 23.4 Å². The zero-order valence-electron chi connectivity index (χ0n) is 17.2. The van der Waals surface area contributed by atoms with Crippen molar-refractivity contribution in [1.82, 2.24) is 25.3 Å². The minimum Gasteiger partial charge on any atom is -0.484 e. The SMILES string of the molecule is CNC(=O)c1cc(-c2noc([C@H]3CCCCN3C(=O)COc3ccccc3)n2)ccn1. The molecule has 0 saturated carbocycles. The van der Waals surface area contributed by atoms with Crippen LogP contribution in [0.3, 0.4) is 0 Å². The third kappa shape index (κ3) is 4.71. The van der Waals surface area contributed by atoms with Crippen LogP contribution in [0.1, 0.15) is 41.7 Å². The van der Waals surface area contributed by atoms with Crippen molar-refractivity contribution in [3.05, 3.63) is 60.2 Å². The monoisotopic (exact) mass is 421 g/mol. The summed E-state index contributed by atoms with van der Waals surface area (Å²) in [5.74, 6) is 0.948. The van der Waals surface area contributed by atoms with E-state index < -0.39 is 0 Å². The van der Waals surface area contributed by atoms with E-state index in [9.17, 15) is 9.59 Å². The highest BCUT2D eigenvalue weighted by atomic mass is 16.5. The van der Waals surface area contributed by atoms with E-state index in [1.807, 2.05) is 30.3 Å². The van der Waals surface area contributed by atoms with E-state index in [1.165, 1.54) is 6.20 Å². The molecule has 2 amide bonds. The van der Waals surface area contributed by atoms with Crippen molar-refractivity contribution in [3.8, 4) is 17.1 Å². The average molecular weight is 421 g/mol. The predicted molar refractivity (Wildman–Crippen MR) is 111 cm³/mol. The number of ether oxygens (including phenoxy) is 1. The van der Waals surface area contributed by atoms with Gasteiger partial charge in [-0.3, -0.25) is 14.6 Å². The van der Waals surface area contributed by atoms with Crippen LogP contribution in [-0.2, 0) is 4.79 Å². The molecular weight excluding hydrogens is 398 g/mol. The first kappa shape index (κ1) is 20.5. The van der Waals surface area contributed by atoms with Crippen molar-refractivity contribution >= 4 is 11.8 Å². The van der Waals surface area contributed by atoms with Gasteiger partial charge in [-0.2, -0.15) is 4.98 Å². The largest absolute Gasteiger partial charge is 0.484 e. The molecule has 3 heterocycles. The summed E-state index contributed by atoms with van der Waals surface area (Å²) >= 11 is 0. The van der Waals surface area contributed by atoms with Crippen LogP contribution in [0.25, 0.3) is 11.4 Å². The molecule has 0 radical (unpaired) electrons. The molecule has 0 spiro atoms. The first-order valence-electron chi connectivity index (χ1n) is 10.1. The number of nitrogens with zero attached hydrogens (tertiary/aromatic N) is 4. The molecule has 0 unspecified atom stereocenters. The highest BCUT2D eigenvalue weighted by molar-refractivity contribution is 5.93. The summed E-state index contributed by atoms with van der Waals surface area (Å²) in [7, 11) is 1.54. The van der Waals surface area contributed by atoms with Crippen molar-refractivity contribution in [1.29, 1.82) is 0 Å². The topological polar surface area (TPSA) is 110 Å². The van der Waals surface area contributed by atoms with Crippen LogP contribution >= 0.6 is 0 Å². The molecule has 4 rings (SSSR count). The Balaban J connectivity index is 1.49. The first-order chi connectivity index (χ1) is 15.2. The van der Waals surface area contributed by atoms with Crippen LogP contribution in [0.15, 0.2) is 53.2 Å². The van der Waals surface area contributed by atoms with Gasteiger partial charge >= 0.3 is 0 Å². The zero-order valence-corrected chi connectivity index (χ0v) is 17.2. The molecule has 31 heavy (non-hydrogen) atoms. The lowest BCUT2D eigenvalue weighted by Gasteiger charge is -2.33. The maximum Gasteiger partial charge on any atom is 0.269 e. The molecule has 1 saturated heterocycles. The lowest BCUT2D eigenvalue weighted by molar-refractivity contribution is -0.138. The van der Waals surface area contributed by atoms with Crippen LogP contribution in [0.4, 0.5) is 0 Å². The van der Waals surface area contributed by atoms with E-state index in [4.69, 9.17) is 9.26 Å². The number of hydrogen-bond donors (Lipinski definition) is 1. The van der Waals surface area contributed by atoms with E-state index in [1.54, 1.807) is 24.1 Å². The number of amides is 2. The second-order valence-electron chi connectivity index (χ2n) is 7.17.